The highest BCUT2D eigenvalue weighted by molar-refractivity contribution is 6.32. The van der Waals surface area contributed by atoms with Crippen LogP contribution in [-0.4, -0.2) is 27.7 Å². The van der Waals surface area contributed by atoms with Gasteiger partial charge < -0.3 is 15.4 Å². The van der Waals surface area contributed by atoms with E-state index in [1.165, 1.54) is 7.11 Å². The van der Waals surface area contributed by atoms with Crippen molar-refractivity contribution in [3.05, 3.63) is 47.9 Å². The number of benzene rings is 1. The fourth-order valence-electron chi connectivity index (χ4n) is 1.98. The Bertz CT molecular complexity index is 833. The van der Waals surface area contributed by atoms with Gasteiger partial charge in [-0.25, -0.2) is 4.79 Å². The zero-order chi connectivity index (χ0) is 15.5. The molecule has 0 aliphatic carbocycles. The molecule has 0 aliphatic rings. The average Bonchev–Trinajstić information content (AvgIpc) is 2.97. The van der Waals surface area contributed by atoms with Crippen LogP contribution in [0.5, 0.6) is 5.75 Å². The van der Waals surface area contributed by atoms with Gasteiger partial charge in [-0.1, -0.05) is 11.6 Å². The van der Waals surface area contributed by atoms with Crippen molar-refractivity contribution in [1.82, 2.24) is 14.6 Å². The molecule has 2 amide bonds. The van der Waals surface area contributed by atoms with E-state index in [0.29, 0.717) is 27.8 Å². The van der Waals surface area contributed by atoms with Crippen LogP contribution in [0.1, 0.15) is 0 Å². The second-order valence-electron chi connectivity index (χ2n) is 4.41. The predicted octanol–water partition coefficient (Wildman–Crippen LogP) is 3.04. The number of rotatable bonds is 3. The Morgan fingerprint density at radius 2 is 2.18 bits per heavy atom. The molecule has 0 fully saturated rings. The van der Waals surface area contributed by atoms with Crippen LogP contribution in [-0.2, 0) is 0 Å². The van der Waals surface area contributed by atoms with Crippen LogP contribution in [0.15, 0.2) is 42.9 Å². The van der Waals surface area contributed by atoms with Crippen LogP contribution >= 0.6 is 11.6 Å². The van der Waals surface area contributed by atoms with Gasteiger partial charge in [0.15, 0.2) is 5.65 Å². The van der Waals surface area contributed by atoms with Gasteiger partial charge in [-0.2, -0.15) is 0 Å². The number of ether oxygens (including phenoxy) is 1. The third-order valence-electron chi connectivity index (χ3n) is 2.98. The number of aromatic nitrogens is 3. The molecule has 3 aromatic rings. The molecule has 2 aromatic heterocycles. The highest BCUT2D eigenvalue weighted by Gasteiger charge is 2.09. The number of hydrogen-bond donors (Lipinski definition) is 2. The van der Waals surface area contributed by atoms with E-state index < -0.39 is 6.03 Å². The Morgan fingerprint density at radius 1 is 1.32 bits per heavy atom. The maximum absolute atomic E-state index is 12.1. The summed E-state index contributed by atoms with van der Waals surface area (Å²) in [4.78, 5) is 12.1. The Balaban J connectivity index is 1.75. The quantitative estimate of drug-likeness (QED) is 0.778. The van der Waals surface area contributed by atoms with Gasteiger partial charge in [0, 0.05) is 11.9 Å². The first-order valence-corrected chi connectivity index (χ1v) is 6.75. The van der Waals surface area contributed by atoms with Gasteiger partial charge in [0.1, 0.15) is 12.1 Å². The number of carbonyl (C=O) groups is 1. The molecule has 0 radical (unpaired) electrons. The number of halogens is 1. The van der Waals surface area contributed by atoms with Gasteiger partial charge in [-0.15, -0.1) is 10.2 Å². The molecule has 0 bridgehead atoms. The molecule has 3 rings (SSSR count). The predicted molar refractivity (Wildman–Crippen MR) is 83.6 cm³/mol. The molecule has 0 aliphatic heterocycles. The Kier molecular flexibility index (Phi) is 3.80. The molecule has 22 heavy (non-hydrogen) atoms. The zero-order valence-corrected chi connectivity index (χ0v) is 12.3. The van der Waals surface area contributed by atoms with Crippen LogP contribution in [0.3, 0.4) is 0 Å². The lowest BCUT2D eigenvalue weighted by atomic mass is 10.3. The number of anilines is 2. The summed E-state index contributed by atoms with van der Waals surface area (Å²) in [7, 11) is 1.53. The molecule has 0 spiro atoms. The first-order chi connectivity index (χ1) is 10.7. The molecule has 0 atom stereocenters. The zero-order valence-electron chi connectivity index (χ0n) is 11.6. The summed E-state index contributed by atoms with van der Waals surface area (Å²) >= 11 is 6.02. The highest BCUT2D eigenvalue weighted by atomic mass is 35.5. The second kappa shape index (κ2) is 5.90. The fraction of sp³-hybridized carbons (Fsp3) is 0.0714. The van der Waals surface area contributed by atoms with E-state index in [1.54, 1.807) is 47.3 Å². The van der Waals surface area contributed by atoms with Crippen LogP contribution in [0.4, 0.5) is 16.2 Å². The Hall–Kier alpha value is -2.80. The summed E-state index contributed by atoms with van der Waals surface area (Å²) in [5.41, 5.74) is 1.67. The second-order valence-corrected chi connectivity index (χ2v) is 4.82. The molecule has 0 saturated heterocycles. The molecular weight excluding hydrogens is 306 g/mol. The molecule has 8 heteroatoms. The van der Waals surface area contributed by atoms with Crippen molar-refractivity contribution >= 4 is 34.7 Å². The van der Waals surface area contributed by atoms with Crippen molar-refractivity contribution in [2.24, 2.45) is 0 Å². The number of carbonyl (C=O) groups excluding carboxylic acids is 1. The van der Waals surface area contributed by atoms with E-state index in [9.17, 15) is 4.79 Å². The third kappa shape index (κ3) is 2.79. The van der Waals surface area contributed by atoms with Crippen molar-refractivity contribution in [2.75, 3.05) is 17.7 Å². The lowest BCUT2D eigenvalue weighted by Gasteiger charge is -2.09. The highest BCUT2D eigenvalue weighted by Crippen LogP contribution is 2.27. The SMILES string of the molecule is COc1ccc(NC(=O)Nc2cccn3cnnc23)cc1Cl. The summed E-state index contributed by atoms with van der Waals surface area (Å²) in [6.45, 7) is 0. The molecule has 112 valence electrons. The molecular formula is C14H12ClN5O2. The fourth-order valence-corrected chi connectivity index (χ4v) is 2.24. The number of hydrogen-bond acceptors (Lipinski definition) is 4. The van der Waals surface area contributed by atoms with Gasteiger partial charge in [-0.05, 0) is 30.3 Å². The lowest BCUT2D eigenvalue weighted by Crippen LogP contribution is -2.19. The van der Waals surface area contributed by atoms with Gasteiger partial charge in [0.05, 0.1) is 17.8 Å². The largest absolute Gasteiger partial charge is 0.495 e. The number of nitrogens with zero attached hydrogens (tertiary/aromatic N) is 3. The van der Waals surface area contributed by atoms with Crippen molar-refractivity contribution in [1.29, 1.82) is 0 Å². The van der Waals surface area contributed by atoms with E-state index in [0.717, 1.165) is 0 Å². The third-order valence-corrected chi connectivity index (χ3v) is 3.28. The van der Waals surface area contributed by atoms with E-state index in [2.05, 4.69) is 20.8 Å². The molecule has 0 unspecified atom stereocenters. The number of urea groups is 1. The van der Waals surface area contributed by atoms with Gasteiger partial charge in [-0.3, -0.25) is 4.40 Å². The summed E-state index contributed by atoms with van der Waals surface area (Å²) in [5.74, 6) is 0.542. The lowest BCUT2D eigenvalue weighted by molar-refractivity contribution is 0.262. The minimum atomic E-state index is -0.405. The number of amides is 2. The van der Waals surface area contributed by atoms with E-state index >= 15 is 0 Å². The summed E-state index contributed by atoms with van der Waals surface area (Å²) in [6, 6.07) is 8.11. The van der Waals surface area contributed by atoms with E-state index in [1.807, 2.05) is 0 Å². The topological polar surface area (TPSA) is 80.5 Å². The minimum Gasteiger partial charge on any atom is -0.495 e. The first-order valence-electron chi connectivity index (χ1n) is 6.37. The maximum Gasteiger partial charge on any atom is 0.323 e. The van der Waals surface area contributed by atoms with Crippen molar-refractivity contribution < 1.29 is 9.53 Å². The van der Waals surface area contributed by atoms with Crippen LogP contribution in [0.2, 0.25) is 5.02 Å². The average molecular weight is 318 g/mol. The maximum atomic E-state index is 12.1. The van der Waals surface area contributed by atoms with Crippen molar-refractivity contribution in [2.45, 2.75) is 0 Å². The van der Waals surface area contributed by atoms with Crippen LogP contribution < -0.4 is 15.4 Å². The van der Waals surface area contributed by atoms with Crippen molar-refractivity contribution in [3.63, 3.8) is 0 Å². The molecule has 2 heterocycles. The standard InChI is InChI=1S/C14H12ClN5O2/c1-22-12-5-4-9(7-10(12)15)17-14(21)18-11-3-2-6-20-8-16-19-13(11)20/h2-8H,1H3,(H2,17,18,21). The Labute approximate surface area is 130 Å². The molecule has 1 aromatic carbocycles. The molecule has 0 saturated carbocycles. The first kappa shape index (κ1) is 14.2. The van der Waals surface area contributed by atoms with E-state index in [4.69, 9.17) is 16.3 Å². The number of fused-ring (bicyclic) bond motifs is 1. The van der Waals surface area contributed by atoms with Gasteiger partial charge in [0.2, 0.25) is 0 Å². The van der Waals surface area contributed by atoms with Crippen LogP contribution in [0.25, 0.3) is 5.65 Å². The van der Waals surface area contributed by atoms with Crippen LogP contribution in [0, 0.1) is 0 Å². The number of methoxy groups -OCH3 is 1. The van der Waals surface area contributed by atoms with E-state index in [-0.39, 0.29) is 0 Å². The molecule has 7 nitrogen and oxygen atoms in total. The smallest absolute Gasteiger partial charge is 0.323 e. The normalized spacial score (nSPS) is 10.5. The number of nitrogens with one attached hydrogen (secondary N) is 2. The summed E-state index contributed by atoms with van der Waals surface area (Å²) < 4.78 is 6.77. The minimum absolute atomic E-state index is 0.405. The monoisotopic (exact) mass is 317 g/mol. The Morgan fingerprint density at radius 3 is 2.95 bits per heavy atom. The van der Waals surface area contributed by atoms with Gasteiger partial charge >= 0.3 is 6.03 Å². The molecule has 2 N–H and O–H groups in total. The van der Waals surface area contributed by atoms with Gasteiger partial charge in [0.25, 0.3) is 0 Å². The summed E-state index contributed by atoms with van der Waals surface area (Å²) in [5, 5.41) is 13.6. The number of pyridine rings is 1. The summed E-state index contributed by atoms with van der Waals surface area (Å²) in [6.07, 6.45) is 3.35. The van der Waals surface area contributed by atoms with Crippen molar-refractivity contribution in [3.8, 4) is 5.75 Å².